The van der Waals surface area contributed by atoms with Gasteiger partial charge in [-0.05, 0) is 40.2 Å². The van der Waals surface area contributed by atoms with E-state index in [2.05, 4.69) is 20.7 Å². The summed E-state index contributed by atoms with van der Waals surface area (Å²) >= 11 is 9.14. The van der Waals surface area contributed by atoms with Crippen molar-refractivity contribution >= 4 is 49.1 Å². The van der Waals surface area contributed by atoms with Gasteiger partial charge in [-0.25, -0.2) is 8.42 Å². The van der Waals surface area contributed by atoms with E-state index < -0.39 is 15.9 Å². The average Bonchev–Trinajstić information content (AvgIpc) is 2.53. The number of halogens is 2. The lowest BCUT2D eigenvalue weighted by atomic mass is 10.2. The zero-order valence-electron chi connectivity index (χ0n) is 13.2. The number of carbonyl (C=O) groups excluding carboxylic acids is 1. The highest BCUT2D eigenvalue weighted by Gasteiger charge is 2.22. The summed E-state index contributed by atoms with van der Waals surface area (Å²) in [5.74, 6) is -0.0718. The van der Waals surface area contributed by atoms with Crippen LogP contribution in [0.1, 0.15) is 10.4 Å². The van der Waals surface area contributed by atoms with Gasteiger partial charge in [-0.2, -0.15) is 0 Å². The third-order valence-electron chi connectivity index (χ3n) is 3.21. The Bertz CT molecular complexity index is 934. The van der Waals surface area contributed by atoms with Crippen molar-refractivity contribution in [2.75, 3.05) is 18.9 Å². The van der Waals surface area contributed by atoms with Crippen molar-refractivity contribution in [1.82, 2.24) is 0 Å². The molecule has 2 aromatic rings. The van der Waals surface area contributed by atoms with Crippen molar-refractivity contribution in [3.8, 4) is 11.5 Å². The molecule has 0 atom stereocenters. The van der Waals surface area contributed by atoms with E-state index in [1.54, 1.807) is 0 Å². The highest BCUT2D eigenvalue weighted by atomic mass is 79.9. The number of nitrogens with two attached hydrogens (primary N) is 1. The second-order valence-electron chi connectivity index (χ2n) is 4.80. The number of rotatable bonds is 6. The van der Waals surface area contributed by atoms with Gasteiger partial charge in [0.15, 0.2) is 11.5 Å². The van der Waals surface area contributed by atoms with Gasteiger partial charge in [-0.3, -0.25) is 9.52 Å². The molecule has 25 heavy (non-hydrogen) atoms. The normalized spacial score (nSPS) is 11.0. The number of carbonyl (C=O) groups is 1. The molecule has 134 valence electrons. The smallest absolute Gasteiger partial charge is 0.263 e. The van der Waals surface area contributed by atoms with Crippen LogP contribution in [-0.4, -0.2) is 28.5 Å². The van der Waals surface area contributed by atoms with E-state index in [1.165, 1.54) is 44.6 Å². The van der Waals surface area contributed by atoms with Crippen molar-refractivity contribution in [1.29, 1.82) is 0 Å². The van der Waals surface area contributed by atoms with Gasteiger partial charge in [-0.15, -0.1) is 0 Å². The second kappa shape index (κ2) is 7.51. The predicted molar refractivity (Wildman–Crippen MR) is 98.0 cm³/mol. The molecule has 1 amide bonds. The maximum absolute atomic E-state index is 12.6. The number of benzene rings is 2. The van der Waals surface area contributed by atoms with Crippen LogP contribution >= 0.6 is 27.5 Å². The van der Waals surface area contributed by atoms with Gasteiger partial charge < -0.3 is 15.2 Å². The number of ether oxygens (including phenoxy) is 2. The zero-order valence-corrected chi connectivity index (χ0v) is 16.3. The van der Waals surface area contributed by atoms with Gasteiger partial charge in [0.2, 0.25) is 5.91 Å². The predicted octanol–water partition coefficient (Wildman–Crippen LogP) is 3.02. The molecule has 2 aromatic carbocycles. The van der Waals surface area contributed by atoms with Crippen LogP contribution in [0.3, 0.4) is 0 Å². The first-order valence-corrected chi connectivity index (χ1v) is 9.38. The fourth-order valence-electron chi connectivity index (χ4n) is 2.03. The molecular formula is C15H14BrClN2O5S. The van der Waals surface area contributed by atoms with Crippen molar-refractivity contribution in [2.24, 2.45) is 5.73 Å². The standard InChI is InChI=1S/C15H14BrClN2O5S/c1-23-12-6-10(16)14(7-13(12)24-2)25(21,22)19-8-3-4-9(15(18)20)11(17)5-8/h3-7,19H,1-2H3,(H2,18,20). The molecule has 0 aliphatic rings. The number of methoxy groups -OCH3 is 2. The van der Waals surface area contributed by atoms with Gasteiger partial charge >= 0.3 is 0 Å². The molecule has 0 aliphatic carbocycles. The Labute approximate surface area is 158 Å². The summed E-state index contributed by atoms with van der Waals surface area (Å²) in [5, 5.41) is 0.0408. The molecule has 7 nitrogen and oxygen atoms in total. The fourth-order valence-corrected chi connectivity index (χ4v) is 4.39. The minimum atomic E-state index is -3.96. The minimum absolute atomic E-state index is 0.0408. The second-order valence-corrected chi connectivity index (χ2v) is 7.71. The summed E-state index contributed by atoms with van der Waals surface area (Å²) in [6, 6.07) is 6.83. The molecule has 10 heteroatoms. The molecule has 0 bridgehead atoms. The maximum Gasteiger partial charge on any atom is 0.263 e. The van der Waals surface area contributed by atoms with E-state index in [-0.39, 0.29) is 31.4 Å². The summed E-state index contributed by atoms with van der Waals surface area (Å²) in [4.78, 5) is 11.1. The summed E-state index contributed by atoms with van der Waals surface area (Å²) in [6.45, 7) is 0. The van der Waals surface area contributed by atoms with E-state index in [9.17, 15) is 13.2 Å². The van der Waals surface area contributed by atoms with Crippen LogP contribution in [0.2, 0.25) is 5.02 Å². The summed E-state index contributed by atoms with van der Waals surface area (Å²) in [6.07, 6.45) is 0. The van der Waals surface area contributed by atoms with Crippen LogP contribution in [0.5, 0.6) is 11.5 Å². The van der Waals surface area contributed by atoms with Crippen LogP contribution in [-0.2, 0) is 10.0 Å². The Kier molecular flexibility index (Phi) is 5.81. The minimum Gasteiger partial charge on any atom is -0.493 e. The number of sulfonamides is 1. The number of anilines is 1. The Balaban J connectivity index is 2.43. The first-order chi connectivity index (χ1) is 11.7. The van der Waals surface area contributed by atoms with E-state index in [1.807, 2.05) is 0 Å². The van der Waals surface area contributed by atoms with Crippen LogP contribution in [0.15, 0.2) is 39.7 Å². The fraction of sp³-hybridized carbons (Fsp3) is 0.133. The van der Waals surface area contributed by atoms with Gasteiger partial charge in [0, 0.05) is 10.5 Å². The summed E-state index contributed by atoms with van der Waals surface area (Å²) in [7, 11) is -1.11. The van der Waals surface area contributed by atoms with Crippen LogP contribution in [0.25, 0.3) is 0 Å². The van der Waals surface area contributed by atoms with E-state index in [0.29, 0.717) is 5.75 Å². The molecule has 2 rings (SSSR count). The van der Waals surface area contributed by atoms with E-state index in [4.69, 9.17) is 26.8 Å². The Morgan fingerprint density at radius 2 is 1.76 bits per heavy atom. The molecule has 0 saturated heterocycles. The highest BCUT2D eigenvalue weighted by Crippen LogP contribution is 2.36. The SMILES string of the molecule is COc1cc(Br)c(S(=O)(=O)Nc2ccc(C(N)=O)c(Cl)c2)cc1OC. The third-order valence-corrected chi connectivity index (χ3v) is 5.87. The van der Waals surface area contributed by atoms with Crippen molar-refractivity contribution < 1.29 is 22.7 Å². The number of hydrogen-bond acceptors (Lipinski definition) is 5. The topological polar surface area (TPSA) is 108 Å². The zero-order chi connectivity index (χ0) is 18.8. The molecule has 0 fully saturated rings. The van der Waals surface area contributed by atoms with E-state index >= 15 is 0 Å². The van der Waals surface area contributed by atoms with Crippen LogP contribution in [0.4, 0.5) is 5.69 Å². The molecule has 0 unspecified atom stereocenters. The van der Waals surface area contributed by atoms with Crippen LogP contribution < -0.4 is 19.9 Å². The first-order valence-electron chi connectivity index (χ1n) is 6.73. The van der Waals surface area contributed by atoms with Gasteiger partial charge in [0.25, 0.3) is 10.0 Å². The molecule has 0 heterocycles. The Morgan fingerprint density at radius 3 is 2.28 bits per heavy atom. The molecule has 0 aliphatic heterocycles. The van der Waals surface area contributed by atoms with E-state index in [0.717, 1.165) is 0 Å². The van der Waals surface area contributed by atoms with Crippen molar-refractivity contribution in [3.05, 3.63) is 45.4 Å². The van der Waals surface area contributed by atoms with Gasteiger partial charge in [0.05, 0.1) is 30.5 Å². The lowest BCUT2D eigenvalue weighted by molar-refractivity contribution is 0.100. The largest absolute Gasteiger partial charge is 0.493 e. The maximum atomic E-state index is 12.6. The van der Waals surface area contributed by atoms with Crippen LogP contribution in [0, 0.1) is 0 Å². The summed E-state index contributed by atoms with van der Waals surface area (Å²) in [5.41, 5.74) is 5.44. The van der Waals surface area contributed by atoms with Gasteiger partial charge in [0.1, 0.15) is 4.90 Å². The molecular weight excluding hydrogens is 436 g/mol. The molecule has 0 radical (unpaired) electrons. The van der Waals surface area contributed by atoms with Gasteiger partial charge in [-0.1, -0.05) is 11.6 Å². The lowest BCUT2D eigenvalue weighted by Crippen LogP contribution is -2.15. The lowest BCUT2D eigenvalue weighted by Gasteiger charge is -2.14. The molecule has 0 aromatic heterocycles. The molecule has 0 spiro atoms. The highest BCUT2D eigenvalue weighted by molar-refractivity contribution is 9.10. The van der Waals surface area contributed by atoms with Crippen molar-refractivity contribution in [3.63, 3.8) is 0 Å². The number of primary amides is 1. The quantitative estimate of drug-likeness (QED) is 0.705. The number of hydrogen-bond donors (Lipinski definition) is 2. The summed E-state index contributed by atoms with van der Waals surface area (Å²) < 4.78 is 38.2. The molecule has 0 saturated carbocycles. The molecule has 3 N–H and O–H groups in total. The van der Waals surface area contributed by atoms with Crippen molar-refractivity contribution in [2.45, 2.75) is 4.90 Å². The number of amides is 1. The number of nitrogens with one attached hydrogen (secondary N) is 1. The monoisotopic (exact) mass is 448 g/mol. The third kappa shape index (κ3) is 4.17. The Morgan fingerprint density at radius 1 is 1.16 bits per heavy atom. The average molecular weight is 450 g/mol. The first kappa shape index (κ1) is 19.4. The Hall–Kier alpha value is -1.97.